The van der Waals surface area contributed by atoms with Gasteiger partial charge >= 0.3 is 0 Å². The van der Waals surface area contributed by atoms with E-state index in [0.717, 1.165) is 23.5 Å². The Hall–Kier alpha value is -2.14. The standard InChI is InChI=1S/C12H10OS.C4H6N2O.C2H6/c14-8-5-6-10-9-3-1-2-4-11(9)13-12(10)7-8;1-3-2-4(5)6-7-3;1-2/h1-6,8,14H,7H2;2H,1H3,(H2,5,6);1-2H3. The Morgan fingerprint density at radius 1 is 1.26 bits per heavy atom. The molecule has 0 fully saturated rings. The third kappa shape index (κ3) is 4.20. The third-order valence-electron chi connectivity index (χ3n) is 3.24. The van der Waals surface area contributed by atoms with E-state index < -0.39 is 0 Å². The van der Waals surface area contributed by atoms with Crippen LogP contribution in [0.25, 0.3) is 17.0 Å². The van der Waals surface area contributed by atoms with Crippen LogP contribution >= 0.6 is 12.6 Å². The van der Waals surface area contributed by atoms with Gasteiger partial charge < -0.3 is 14.7 Å². The fraction of sp³-hybridized carbons (Fsp3) is 0.278. The number of rotatable bonds is 0. The second-order valence-corrected chi connectivity index (χ2v) is 5.59. The third-order valence-corrected chi connectivity index (χ3v) is 3.59. The highest BCUT2D eigenvalue weighted by Gasteiger charge is 2.17. The SMILES string of the molecule is CC.Cc1cc(N)no1.SC1C=Cc2c(oc3ccccc23)C1. The summed E-state index contributed by atoms with van der Waals surface area (Å²) in [5.74, 6) is 2.25. The highest BCUT2D eigenvalue weighted by Crippen LogP contribution is 2.31. The molecular weight excluding hydrogens is 308 g/mol. The zero-order chi connectivity index (χ0) is 16.8. The number of nitrogens with two attached hydrogens (primary N) is 1. The molecule has 3 aromatic rings. The Morgan fingerprint density at radius 2 is 2.00 bits per heavy atom. The number of aryl methyl sites for hydroxylation is 1. The molecule has 1 unspecified atom stereocenters. The predicted molar refractivity (Wildman–Crippen MR) is 98.7 cm³/mol. The quantitative estimate of drug-likeness (QED) is 0.576. The largest absolute Gasteiger partial charge is 0.460 e. The van der Waals surface area contributed by atoms with Crippen LogP contribution in [0.5, 0.6) is 0 Å². The number of para-hydroxylation sites is 1. The van der Waals surface area contributed by atoms with Crippen molar-refractivity contribution in [3.05, 3.63) is 53.5 Å². The van der Waals surface area contributed by atoms with Gasteiger partial charge in [-0.05, 0) is 13.0 Å². The van der Waals surface area contributed by atoms with Crippen molar-refractivity contribution in [3.8, 4) is 0 Å². The van der Waals surface area contributed by atoms with Crippen LogP contribution in [0.4, 0.5) is 5.82 Å². The van der Waals surface area contributed by atoms with Crippen molar-refractivity contribution in [2.75, 3.05) is 5.73 Å². The molecule has 0 saturated heterocycles. The summed E-state index contributed by atoms with van der Waals surface area (Å²) in [6.07, 6.45) is 5.12. The Balaban J connectivity index is 0.000000181. The van der Waals surface area contributed by atoms with Gasteiger partial charge in [-0.25, -0.2) is 0 Å². The first-order valence-corrected chi connectivity index (χ1v) is 8.20. The first kappa shape index (κ1) is 17.2. The molecule has 4 rings (SSSR count). The molecule has 0 amide bonds. The first-order valence-electron chi connectivity index (χ1n) is 7.69. The van der Waals surface area contributed by atoms with Crippen LogP contribution in [0.2, 0.25) is 0 Å². The molecular formula is C18H22N2O2S. The van der Waals surface area contributed by atoms with E-state index in [2.05, 4.69) is 40.5 Å². The molecule has 1 atom stereocenters. The maximum absolute atomic E-state index is 5.76. The number of furan rings is 1. The number of nitrogens with zero attached hydrogens (tertiary/aromatic N) is 1. The first-order chi connectivity index (χ1) is 11.1. The monoisotopic (exact) mass is 330 g/mol. The Bertz CT molecular complexity index is 773. The van der Waals surface area contributed by atoms with Crippen molar-refractivity contribution >= 4 is 35.5 Å². The van der Waals surface area contributed by atoms with Crippen LogP contribution in [0, 0.1) is 6.92 Å². The van der Waals surface area contributed by atoms with E-state index >= 15 is 0 Å². The summed E-state index contributed by atoms with van der Waals surface area (Å²) in [6, 6.07) is 9.81. The lowest BCUT2D eigenvalue weighted by molar-refractivity contribution is 0.400. The minimum atomic E-state index is 0.295. The molecule has 0 bridgehead atoms. The second kappa shape index (κ2) is 7.92. The maximum Gasteiger partial charge on any atom is 0.167 e. The van der Waals surface area contributed by atoms with Gasteiger partial charge in [0.15, 0.2) is 5.82 Å². The summed E-state index contributed by atoms with van der Waals surface area (Å²) in [5.41, 5.74) is 7.38. The normalized spacial score (nSPS) is 15.2. The van der Waals surface area contributed by atoms with Crippen molar-refractivity contribution in [1.29, 1.82) is 0 Å². The molecule has 0 radical (unpaired) electrons. The summed E-state index contributed by atoms with van der Waals surface area (Å²) < 4.78 is 10.3. The van der Waals surface area contributed by atoms with Crippen LogP contribution in [-0.4, -0.2) is 10.4 Å². The molecule has 1 aliphatic rings. The molecule has 2 aromatic heterocycles. The van der Waals surface area contributed by atoms with Crippen LogP contribution in [-0.2, 0) is 6.42 Å². The fourth-order valence-electron chi connectivity index (χ4n) is 2.30. The molecule has 4 nitrogen and oxygen atoms in total. The van der Waals surface area contributed by atoms with Crippen molar-refractivity contribution in [2.24, 2.45) is 0 Å². The van der Waals surface area contributed by atoms with Crippen molar-refractivity contribution < 1.29 is 8.94 Å². The van der Waals surface area contributed by atoms with Gasteiger partial charge in [-0.3, -0.25) is 0 Å². The van der Waals surface area contributed by atoms with Gasteiger partial charge in [0.05, 0.1) is 0 Å². The minimum absolute atomic E-state index is 0.295. The summed E-state index contributed by atoms with van der Waals surface area (Å²) in [7, 11) is 0. The van der Waals surface area contributed by atoms with E-state index in [4.69, 9.17) is 10.2 Å². The molecule has 2 heterocycles. The highest BCUT2D eigenvalue weighted by molar-refractivity contribution is 7.81. The lowest BCUT2D eigenvalue weighted by atomic mass is 10.0. The molecule has 0 spiro atoms. The van der Waals surface area contributed by atoms with E-state index in [1.54, 1.807) is 13.0 Å². The lowest BCUT2D eigenvalue weighted by Gasteiger charge is -2.08. The Kier molecular flexibility index (Phi) is 5.93. The van der Waals surface area contributed by atoms with E-state index in [1.165, 1.54) is 10.9 Å². The van der Waals surface area contributed by atoms with E-state index in [-0.39, 0.29) is 0 Å². The van der Waals surface area contributed by atoms with E-state index in [0.29, 0.717) is 11.1 Å². The van der Waals surface area contributed by atoms with Gasteiger partial charge in [-0.2, -0.15) is 12.6 Å². The van der Waals surface area contributed by atoms with Crippen LogP contribution < -0.4 is 5.73 Å². The van der Waals surface area contributed by atoms with Gasteiger partial charge in [0.25, 0.3) is 0 Å². The van der Waals surface area contributed by atoms with E-state index in [9.17, 15) is 0 Å². The summed E-state index contributed by atoms with van der Waals surface area (Å²) in [5, 5.41) is 4.92. The van der Waals surface area contributed by atoms with Gasteiger partial charge in [0, 0.05) is 28.7 Å². The molecule has 23 heavy (non-hydrogen) atoms. The zero-order valence-electron chi connectivity index (χ0n) is 13.6. The van der Waals surface area contributed by atoms with Gasteiger partial charge in [-0.15, -0.1) is 0 Å². The molecule has 5 heteroatoms. The predicted octanol–water partition coefficient (Wildman–Crippen LogP) is 4.89. The van der Waals surface area contributed by atoms with Gasteiger partial charge in [0.2, 0.25) is 0 Å². The second-order valence-electron chi connectivity index (χ2n) is 4.93. The number of anilines is 1. The number of aromatic nitrogens is 1. The molecule has 0 saturated carbocycles. The zero-order valence-corrected chi connectivity index (χ0v) is 14.5. The topological polar surface area (TPSA) is 65.2 Å². The Labute approximate surface area is 141 Å². The number of benzene rings is 1. The fourth-order valence-corrected chi connectivity index (χ4v) is 2.55. The minimum Gasteiger partial charge on any atom is -0.460 e. The van der Waals surface area contributed by atoms with Crippen molar-refractivity contribution in [2.45, 2.75) is 32.4 Å². The maximum atomic E-state index is 5.76. The number of hydrogen-bond acceptors (Lipinski definition) is 5. The lowest BCUT2D eigenvalue weighted by Crippen LogP contribution is -2.03. The van der Waals surface area contributed by atoms with Crippen LogP contribution in [0.1, 0.15) is 30.9 Å². The number of hydrogen-bond donors (Lipinski definition) is 2. The molecule has 2 N–H and O–H groups in total. The number of thiol groups is 1. The molecule has 0 aliphatic heterocycles. The smallest absolute Gasteiger partial charge is 0.167 e. The summed E-state index contributed by atoms with van der Waals surface area (Å²) in [4.78, 5) is 0. The van der Waals surface area contributed by atoms with Crippen molar-refractivity contribution in [1.82, 2.24) is 5.16 Å². The van der Waals surface area contributed by atoms with Gasteiger partial charge in [-0.1, -0.05) is 49.4 Å². The van der Waals surface area contributed by atoms with Crippen LogP contribution in [0.15, 0.2) is 45.3 Å². The molecule has 1 aliphatic carbocycles. The molecule has 122 valence electrons. The van der Waals surface area contributed by atoms with Gasteiger partial charge in [0.1, 0.15) is 17.1 Å². The summed E-state index contributed by atoms with van der Waals surface area (Å²) >= 11 is 4.42. The van der Waals surface area contributed by atoms with Crippen molar-refractivity contribution in [3.63, 3.8) is 0 Å². The summed E-state index contributed by atoms with van der Waals surface area (Å²) in [6.45, 7) is 5.80. The van der Waals surface area contributed by atoms with E-state index in [1.807, 2.05) is 32.0 Å². The molecule has 1 aromatic carbocycles. The van der Waals surface area contributed by atoms with Crippen LogP contribution in [0.3, 0.4) is 0 Å². The average molecular weight is 330 g/mol. The number of nitrogen functional groups attached to an aromatic ring is 1. The highest BCUT2D eigenvalue weighted by atomic mass is 32.1. The average Bonchev–Trinajstić information content (AvgIpc) is 3.11. The Morgan fingerprint density at radius 3 is 2.61 bits per heavy atom. The number of fused-ring (bicyclic) bond motifs is 3.